The van der Waals surface area contributed by atoms with Gasteiger partial charge in [-0.1, -0.05) is 78.9 Å². The molecule has 0 bridgehead atoms. The van der Waals surface area contributed by atoms with Gasteiger partial charge < -0.3 is 5.32 Å². The lowest BCUT2D eigenvalue weighted by molar-refractivity contribution is 0.102. The molecule has 2 atom stereocenters. The van der Waals surface area contributed by atoms with Gasteiger partial charge in [0.1, 0.15) is 0 Å². The van der Waals surface area contributed by atoms with Gasteiger partial charge in [-0.05, 0) is 65.1 Å². The molecule has 1 N–H and O–H groups in total. The maximum atomic E-state index is 13.6. The zero-order valence-electron chi connectivity index (χ0n) is 21.6. The number of carbonyl (C=O) groups is 2. The number of ketones is 1. The minimum atomic E-state index is -0.167. The number of anilines is 2. The molecule has 3 aliphatic rings. The van der Waals surface area contributed by atoms with Gasteiger partial charge in [0, 0.05) is 21.0 Å². The number of allylic oxidation sites excluding steroid dienone is 2. The van der Waals surface area contributed by atoms with Gasteiger partial charge in [0.15, 0.2) is 5.78 Å². The quantitative estimate of drug-likeness (QED) is 0.174. The van der Waals surface area contributed by atoms with Crippen LogP contribution in [0.1, 0.15) is 21.5 Å². The number of hydrogen-bond acceptors (Lipinski definition) is 4. The Labute approximate surface area is 242 Å². The van der Waals surface area contributed by atoms with Crippen molar-refractivity contribution in [3.63, 3.8) is 0 Å². The van der Waals surface area contributed by atoms with E-state index in [9.17, 15) is 9.59 Å². The Bertz CT molecular complexity index is 1710. The van der Waals surface area contributed by atoms with Crippen LogP contribution in [-0.4, -0.2) is 28.9 Å². The molecule has 1 heterocycles. The molecule has 4 nitrogen and oxygen atoms in total. The Morgan fingerprint density at radius 3 is 2.62 bits per heavy atom. The number of nitrogens with one attached hydrogen (secondary N) is 1. The van der Waals surface area contributed by atoms with Crippen molar-refractivity contribution in [3.05, 3.63) is 132 Å². The van der Waals surface area contributed by atoms with E-state index in [-0.39, 0.29) is 23.1 Å². The Kier molecular flexibility index (Phi) is 6.58. The minimum absolute atomic E-state index is 0.0554. The summed E-state index contributed by atoms with van der Waals surface area (Å²) in [5.74, 6) is 0.435. The molecule has 2 aliphatic carbocycles. The third-order valence-corrected chi connectivity index (χ3v) is 9.83. The lowest BCUT2D eigenvalue weighted by Gasteiger charge is -2.40. The zero-order chi connectivity index (χ0) is 27.1. The maximum Gasteiger partial charge on any atom is 0.326 e. The van der Waals surface area contributed by atoms with Gasteiger partial charge in [0.05, 0.1) is 22.7 Å². The third kappa shape index (κ3) is 4.67. The zero-order valence-corrected chi connectivity index (χ0v) is 23.3. The molecule has 2 unspecified atom stereocenters. The average Bonchev–Trinajstić information content (AvgIpc) is 3.36. The number of hydrogen-bond donors (Lipinski definition) is 1. The lowest BCUT2D eigenvalue weighted by Crippen LogP contribution is -2.49. The number of amides is 2. The molecular weight excluding hydrogens is 533 g/mol. The highest BCUT2D eigenvalue weighted by molar-refractivity contribution is 8.00. The summed E-state index contributed by atoms with van der Waals surface area (Å²) >= 11 is 3.28. The number of carbonyl (C=O) groups excluding carboxylic acids is 2. The molecule has 0 fully saturated rings. The van der Waals surface area contributed by atoms with Gasteiger partial charge in [-0.15, -0.1) is 23.5 Å². The Hall–Kier alpha value is -4.00. The van der Waals surface area contributed by atoms with E-state index in [1.165, 1.54) is 34.0 Å². The summed E-state index contributed by atoms with van der Waals surface area (Å²) in [5.41, 5.74) is 7.39. The standard InChI is InChI=1S/C34H26N2O2S2/c37-31(23-16-17-28-24(19-23)18-22-8-1-2-11-27(22)28)21-39-26-10-7-9-25(20-26)35-34(38)36-29-12-3-5-14-32(29)40-33-15-6-4-13-30(33)36/h1-17,19-20,29,32H,18,21H2,(H,35,38). The Morgan fingerprint density at radius 1 is 0.850 bits per heavy atom. The van der Waals surface area contributed by atoms with E-state index < -0.39 is 0 Å². The van der Waals surface area contributed by atoms with E-state index in [1.807, 2.05) is 71.6 Å². The second-order valence-corrected chi connectivity index (χ2v) is 12.3. The van der Waals surface area contributed by atoms with Crippen molar-refractivity contribution in [3.8, 4) is 11.1 Å². The first kappa shape index (κ1) is 25.0. The van der Waals surface area contributed by atoms with E-state index in [4.69, 9.17) is 0 Å². The first-order valence-electron chi connectivity index (χ1n) is 13.3. The molecule has 4 aromatic rings. The summed E-state index contributed by atoms with van der Waals surface area (Å²) in [6.07, 6.45) is 9.16. The van der Waals surface area contributed by atoms with Gasteiger partial charge >= 0.3 is 6.03 Å². The topological polar surface area (TPSA) is 49.4 Å². The highest BCUT2D eigenvalue weighted by atomic mass is 32.2. The van der Waals surface area contributed by atoms with Gasteiger partial charge in [0.2, 0.25) is 0 Å². The molecule has 2 amide bonds. The first-order chi connectivity index (χ1) is 19.6. The van der Waals surface area contributed by atoms with Crippen molar-refractivity contribution in [2.24, 2.45) is 0 Å². The fraction of sp³-hybridized carbons (Fsp3) is 0.118. The molecule has 0 radical (unpaired) electrons. The summed E-state index contributed by atoms with van der Waals surface area (Å²) in [7, 11) is 0. The Morgan fingerprint density at radius 2 is 1.68 bits per heavy atom. The predicted octanol–water partition coefficient (Wildman–Crippen LogP) is 8.24. The van der Waals surface area contributed by atoms with Crippen molar-refractivity contribution in [2.45, 2.75) is 27.5 Å². The number of benzene rings is 4. The van der Waals surface area contributed by atoms with Crippen LogP contribution in [0.5, 0.6) is 0 Å². The number of Topliss-reactive ketones (excluding diaryl/α,β-unsaturated/α-hetero) is 1. The van der Waals surface area contributed by atoms with Crippen molar-refractivity contribution in [2.75, 3.05) is 16.0 Å². The second kappa shape index (κ2) is 10.5. The molecule has 6 heteroatoms. The van der Waals surface area contributed by atoms with Gasteiger partial charge in [-0.25, -0.2) is 4.79 Å². The molecule has 0 saturated heterocycles. The molecule has 0 saturated carbocycles. The molecule has 0 spiro atoms. The van der Waals surface area contributed by atoms with Crippen LogP contribution in [0.4, 0.5) is 16.2 Å². The first-order valence-corrected chi connectivity index (χ1v) is 15.2. The summed E-state index contributed by atoms with van der Waals surface area (Å²) < 4.78 is 0. The van der Waals surface area contributed by atoms with Crippen LogP contribution in [0.2, 0.25) is 0 Å². The van der Waals surface area contributed by atoms with Crippen LogP contribution < -0.4 is 10.2 Å². The molecule has 7 rings (SSSR count). The van der Waals surface area contributed by atoms with Crippen LogP contribution in [0.15, 0.2) is 125 Å². The predicted molar refractivity (Wildman–Crippen MR) is 166 cm³/mol. The van der Waals surface area contributed by atoms with Crippen LogP contribution in [0.3, 0.4) is 0 Å². The van der Waals surface area contributed by atoms with Gasteiger partial charge in [-0.3, -0.25) is 9.69 Å². The highest BCUT2D eigenvalue weighted by Gasteiger charge is 2.36. The number of para-hydroxylation sites is 1. The third-order valence-electron chi connectivity index (χ3n) is 7.53. The van der Waals surface area contributed by atoms with Gasteiger partial charge in [0.25, 0.3) is 0 Å². The number of thioether (sulfide) groups is 2. The molecule has 196 valence electrons. The van der Waals surface area contributed by atoms with Gasteiger partial charge in [-0.2, -0.15) is 0 Å². The van der Waals surface area contributed by atoms with E-state index in [0.29, 0.717) is 11.4 Å². The lowest BCUT2D eigenvalue weighted by atomic mass is 10.0. The molecule has 40 heavy (non-hydrogen) atoms. The second-order valence-electron chi connectivity index (χ2n) is 10.1. The fourth-order valence-electron chi connectivity index (χ4n) is 5.62. The summed E-state index contributed by atoms with van der Waals surface area (Å²) in [6, 6.07) is 30.0. The Balaban J connectivity index is 1.04. The average molecular weight is 559 g/mol. The molecule has 0 aromatic heterocycles. The van der Waals surface area contributed by atoms with E-state index in [1.54, 1.807) is 11.8 Å². The van der Waals surface area contributed by atoms with Crippen molar-refractivity contribution < 1.29 is 9.59 Å². The SMILES string of the molecule is O=C(CSc1cccc(NC(=O)N2c3ccccc3SC3C=CC=CC32)c1)c1ccc2c(c1)Cc1ccccc1-2. The van der Waals surface area contributed by atoms with Crippen molar-refractivity contribution in [1.82, 2.24) is 0 Å². The normalized spacial score (nSPS) is 17.9. The smallest absolute Gasteiger partial charge is 0.307 e. The van der Waals surface area contributed by atoms with Crippen LogP contribution in [0, 0.1) is 0 Å². The molecule has 1 aliphatic heterocycles. The fourth-order valence-corrected chi connectivity index (χ4v) is 7.73. The van der Waals surface area contributed by atoms with E-state index in [0.717, 1.165) is 27.5 Å². The number of rotatable bonds is 5. The van der Waals surface area contributed by atoms with Crippen molar-refractivity contribution >= 4 is 46.7 Å². The summed E-state index contributed by atoms with van der Waals surface area (Å²) in [5, 5.41) is 3.28. The molecule has 4 aromatic carbocycles. The van der Waals surface area contributed by atoms with E-state index >= 15 is 0 Å². The van der Waals surface area contributed by atoms with Crippen molar-refractivity contribution in [1.29, 1.82) is 0 Å². The summed E-state index contributed by atoms with van der Waals surface area (Å²) in [6.45, 7) is 0. The van der Waals surface area contributed by atoms with E-state index in [2.05, 4.69) is 53.9 Å². The summed E-state index contributed by atoms with van der Waals surface area (Å²) in [4.78, 5) is 30.6. The van der Waals surface area contributed by atoms with Crippen LogP contribution in [0.25, 0.3) is 11.1 Å². The minimum Gasteiger partial charge on any atom is -0.307 e. The monoisotopic (exact) mass is 558 g/mol. The number of nitrogens with zero attached hydrogens (tertiary/aromatic N) is 1. The largest absolute Gasteiger partial charge is 0.326 e. The molecular formula is C34H26N2O2S2. The van der Waals surface area contributed by atoms with Crippen LogP contribution >= 0.6 is 23.5 Å². The number of urea groups is 1. The maximum absolute atomic E-state index is 13.6. The number of fused-ring (bicyclic) bond motifs is 5. The highest BCUT2D eigenvalue weighted by Crippen LogP contribution is 2.44. The van der Waals surface area contributed by atoms with Crippen LogP contribution in [-0.2, 0) is 6.42 Å².